The molecule has 0 aliphatic rings. The van der Waals surface area contributed by atoms with Gasteiger partial charge in [0.15, 0.2) is 16.6 Å². The van der Waals surface area contributed by atoms with Gasteiger partial charge in [-0.25, -0.2) is 0 Å². The van der Waals surface area contributed by atoms with Crippen molar-refractivity contribution in [1.82, 2.24) is 4.90 Å². The average Bonchev–Trinajstić information content (AvgIpc) is 3.15. The zero-order valence-corrected chi connectivity index (χ0v) is 18.0. The van der Waals surface area contributed by atoms with Crippen LogP contribution in [0.2, 0.25) is 0 Å². The molecule has 2 aromatic heterocycles. The van der Waals surface area contributed by atoms with E-state index >= 15 is 0 Å². The summed E-state index contributed by atoms with van der Waals surface area (Å²) < 4.78 is 23.1. The normalized spacial score (nSPS) is 12.4. The molecule has 0 radical (unpaired) electrons. The predicted molar refractivity (Wildman–Crippen MR) is 115 cm³/mol. The van der Waals surface area contributed by atoms with Crippen LogP contribution in [0.5, 0.6) is 11.5 Å². The monoisotopic (exact) mass is 425 g/mol. The minimum Gasteiger partial charge on any atom is -0.506 e. The van der Waals surface area contributed by atoms with Crippen molar-refractivity contribution >= 4 is 34.3 Å². The van der Waals surface area contributed by atoms with Crippen LogP contribution in [0.4, 0.5) is 0 Å². The maximum absolute atomic E-state index is 12.5. The number of halogens is 1. The van der Waals surface area contributed by atoms with Gasteiger partial charge in [-0.05, 0) is 33.0 Å². The van der Waals surface area contributed by atoms with Crippen LogP contribution in [0, 0.1) is 6.92 Å². The number of benzene rings is 1. The van der Waals surface area contributed by atoms with Crippen LogP contribution in [0.3, 0.4) is 0 Å². The third-order valence-electron chi connectivity index (χ3n) is 4.90. The molecule has 29 heavy (non-hydrogen) atoms. The van der Waals surface area contributed by atoms with Crippen LogP contribution < -0.4 is 10.2 Å². The van der Waals surface area contributed by atoms with Gasteiger partial charge >= 0.3 is 0 Å². The summed E-state index contributed by atoms with van der Waals surface area (Å²) >= 11 is 0. The van der Waals surface area contributed by atoms with E-state index in [-0.39, 0.29) is 40.6 Å². The molecule has 0 spiro atoms. The Bertz CT molecular complexity index is 1010. The van der Waals surface area contributed by atoms with Crippen molar-refractivity contribution in [1.29, 1.82) is 0 Å². The van der Waals surface area contributed by atoms with Crippen molar-refractivity contribution < 1.29 is 23.4 Å². The number of ether oxygens (including phenoxy) is 2. The molecule has 0 amide bonds. The second-order valence-electron chi connectivity index (χ2n) is 6.61. The van der Waals surface area contributed by atoms with E-state index in [4.69, 9.17) is 18.3 Å². The molecule has 1 N–H and O–H groups in total. The molecule has 0 bridgehead atoms. The third kappa shape index (κ3) is 4.52. The molecular weight excluding hydrogens is 398 g/mol. The summed E-state index contributed by atoms with van der Waals surface area (Å²) in [6, 6.07) is 2.99. The molecule has 0 saturated carbocycles. The Kier molecular flexibility index (Phi) is 7.96. The molecule has 1 unspecified atom stereocenters. The Morgan fingerprint density at radius 3 is 2.55 bits per heavy atom. The molecule has 7 nitrogen and oxygen atoms in total. The van der Waals surface area contributed by atoms with E-state index in [1.807, 2.05) is 6.92 Å². The first-order chi connectivity index (χ1) is 13.5. The van der Waals surface area contributed by atoms with Gasteiger partial charge in [-0.2, -0.15) is 0 Å². The maximum atomic E-state index is 12.5. The first kappa shape index (κ1) is 23.1. The Balaban J connectivity index is 0.00000300. The largest absolute Gasteiger partial charge is 0.506 e. The first-order valence-electron chi connectivity index (χ1n) is 9.62. The fraction of sp³-hybridized carbons (Fsp3) is 0.476. The second-order valence-corrected chi connectivity index (χ2v) is 6.61. The molecule has 1 atom stereocenters. The number of aromatic hydroxyl groups is 1. The summed E-state index contributed by atoms with van der Waals surface area (Å²) in [7, 11) is 0. The molecule has 1 aromatic carbocycles. The summed E-state index contributed by atoms with van der Waals surface area (Å²) in [5, 5.41) is 11.1. The topological polar surface area (TPSA) is 85.3 Å². The van der Waals surface area contributed by atoms with Crippen molar-refractivity contribution in [2.45, 2.75) is 33.7 Å². The summed E-state index contributed by atoms with van der Waals surface area (Å²) in [5.41, 5.74) is 0.229. The van der Waals surface area contributed by atoms with Crippen LogP contribution >= 0.6 is 12.4 Å². The lowest BCUT2D eigenvalue weighted by Crippen LogP contribution is -2.42. The van der Waals surface area contributed by atoms with Crippen LogP contribution in [0.15, 0.2) is 32.0 Å². The predicted octanol–water partition coefficient (Wildman–Crippen LogP) is 4.10. The van der Waals surface area contributed by atoms with E-state index in [1.165, 1.54) is 12.3 Å². The molecular formula is C21H28ClNO6. The van der Waals surface area contributed by atoms with Crippen molar-refractivity contribution in [3.05, 3.63) is 34.4 Å². The minimum atomic E-state index is -0.321. The molecule has 0 aliphatic heterocycles. The summed E-state index contributed by atoms with van der Waals surface area (Å²) in [4.78, 5) is 14.7. The van der Waals surface area contributed by atoms with Gasteiger partial charge < -0.3 is 23.4 Å². The zero-order chi connectivity index (χ0) is 20.3. The highest BCUT2D eigenvalue weighted by molar-refractivity contribution is 6.06. The van der Waals surface area contributed by atoms with Gasteiger partial charge in [-0.1, -0.05) is 13.8 Å². The number of fused-ring (bicyclic) bond motifs is 2. The number of aryl methyl sites for hydroxylation is 1. The molecule has 0 aliphatic carbocycles. The van der Waals surface area contributed by atoms with Crippen LogP contribution in [0.25, 0.3) is 21.9 Å². The van der Waals surface area contributed by atoms with Gasteiger partial charge in [0.05, 0.1) is 24.3 Å². The molecule has 8 heteroatoms. The van der Waals surface area contributed by atoms with E-state index < -0.39 is 0 Å². The molecule has 160 valence electrons. The lowest BCUT2D eigenvalue weighted by molar-refractivity contribution is 0.0461. The van der Waals surface area contributed by atoms with Crippen molar-refractivity contribution in [3.8, 4) is 11.5 Å². The Hall–Kier alpha value is -2.22. The van der Waals surface area contributed by atoms with Crippen molar-refractivity contribution in [2.75, 3.05) is 32.9 Å². The average molecular weight is 426 g/mol. The number of furan rings is 1. The quantitative estimate of drug-likeness (QED) is 0.552. The van der Waals surface area contributed by atoms with Gasteiger partial charge in [0.25, 0.3) is 0 Å². The lowest BCUT2D eigenvalue weighted by Gasteiger charge is -2.29. The molecule has 3 rings (SSSR count). The maximum Gasteiger partial charge on any atom is 0.206 e. The van der Waals surface area contributed by atoms with E-state index in [1.54, 1.807) is 13.0 Å². The fourth-order valence-electron chi connectivity index (χ4n) is 3.47. The van der Waals surface area contributed by atoms with Gasteiger partial charge in [0, 0.05) is 12.7 Å². The number of phenols is 1. The number of nitrogens with zero attached hydrogens (tertiary/aromatic N) is 1. The highest BCUT2D eigenvalue weighted by Crippen LogP contribution is 2.41. The smallest absolute Gasteiger partial charge is 0.206 e. The van der Waals surface area contributed by atoms with Crippen molar-refractivity contribution in [3.63, 3.8) is 0 Å². The molecule has 3 aromatic rings. The second kappa shape index (κ2) is 10.0. The van der Waals surface area contributed by atoms with E-state index in [9.17, 15) is 9.90 Å². The van der Waals surface area contributed by atoms with E-state index in [0.717, 1.165) is 13.1 Å². The number of likely N-dealkylation sites (N-methyl/N-ethyl adjacent to an activating group) is 1. The van der Waals surface area contributed by atoms with Crippen LogP contribution in [0.1, 0.15) is 26.5 Å². The Morgan fingerprint density at radius 1 is 1.17 bits per heavy atom. The van der Waals surface area contributed by atoms with E-state index in [2.05, 4.69) is 18.7 Å². The van der Waals surface area contributed by atoms with Gasteiger partial charge in [-0.3, -0.25) is 9.69 Å². The highest BCUT2D eigenvalue weighted by Gasteiger charge is 2.24. The minimum absolute atomic E-state index is 0. The van der Waals surface area contributed by atoms with E-state index in [0.29, 0.717) is 42.3 Å². The Labute approximate surface area is 175 Å². The first-order valence-corrected chi connectivity index (χ1v) is 9.62. The number of hydrogen-bond acceptors (Lipinski definition) is 7. The van der Waals surface area contributed by atoms with Gasteiger partial charge in [0.1, 0.15) is 23.5 Å². The van der Waals surface area contributed by atoms with Gasteiger partial charge in [0.2, 0.25) is 5.75 Å². The summed E-state index contributed by atoms with van der Waals surface area (Å²) in [6.45, 7) is 11.0. The summed E-state index contributed by atoms with van der Waals surface area (Å²) in [6.07, 6.45) is 1.45. The third-order valence-corrected chi connectivity index (χ3v) is 4.90. The zero-order valence-electron chi connectivity index (χ0n) is 17.2. The lowest BCUT2D eigenvalue weighted by atomic mass is 10.1. The fourth-order valence-corrected chi connectivity index (χ4v) is 3.47. The SMILES string of the molecule is CCOCC(COc1c2occc2c(O)c2c(=O)cc(C)oc12)N(CC)CC.Cl. The standard InChI is InChI=1S/C21H27NO6.ClH/c1-5-22(6-2)14(11-25-7-3)12-27-21-19-15(8-9-26-19)18(24)17-16(23)10-13(4)28-20(17)21;/h8-10,14,24H,5-7,11-12H2,1-4H3;1H. The summed E-state index contributed by atoms with van der Waals surface area (Å²) in [5.74, 6) is 0.596. The molecule has 0 saturated heterocycles. The van der Waals surface area contributed by atoms with Crippen molar-refractivity contribution in [2.24, 2.45) is 0 Å². The number of rotatable bonds is 9. The molecule has 2 heterocycles. The van der Waals surface area contributed by atoms with Crippen LogP contribution in [-0.2, 0) is 4.74 Å². The van der Waals surface area contributed by atoms with Crippen LogP contribution in [-0.4, -0.2) is 49.0 Å². The number of phenolic OH excluding ortho intramolecular Hbond substituents is 1. The number of hydrogen-bond donors (Lipinski definition) is 1. The Morgan fingerprint density at radius 2 is 1.90 bits per heavy atom. The van der Waals surface area contributed by atoms with Gasteiger partial charge in [-0.15, -0.1) is 12.4 Å². The molecule has 0 fully saturated rings. The highest BCUT2D eigenvalue weighted by atomic mass is 35.5.